The highest BCUT2D eigenvalue weighted by Gasteiger charge is 2.34. The molecule has 0 aromatic heterocycles. The molecule has 0 atom stereocenters. The number of fused-ring (bicyclic) bond motifs is 2. The molecule has 0 unspecified atom stereocenters. The van der Waals surface area contributed by atoms with Crippen LogP contribution >= 0.6 is 11.6 Å². The Kier molecular flexibility index (Phi) is 2.37. The smallest absolute Gasteiger partial charge is 0.201 e. The van der Waals surface area contributed by atoms with Crippen LogP contribution in [0.3, 0.4) is 0 Å². The molecule has 19 heavy (non-hydrogen) atoms. The Morgan fingerprint density at radius 2 is 1.53 bits per heavy atom. The third kappa shape index (κ3) is 1.54. The van der Waals surface area contributed by atoms with Gasteiger partial charge in [-0.15, -0.1) is 0 Å². The number of halogens is 1. The van der Waals surface area contributed by atoms with Gasteiger partial charge in [-0.1, -0.05) is 23.7 Å². The van der Waals surface area contributed by atoms with E-state index < -0.39 is 11.6 Å². The summed E-state index contributed by atoms with van der Waals surface area (Å²) in [5.41, 5.74) is -0.0479. The molecule has 1 aliphatic rings. The lowest BCUT2D eigenvalue weighted by atomic mass is 9.83. The normalized spacial score (nSPS) is 13.1. The lowest BCUT2D eigenvalue weighted by molar-refractivity contribution is 0.0974. The maximum Gasteiger partial charge on any atom is 0.201 e. The van der Waals surface area contributed by atoms with Crippen molar-refractivity contribution in [3.05, 3.63) is 57.6 Å². The summed E-state index contributed by atoms with van der Waals surface area (Å²) in [4.78, 5) is 24.6. The van der Waals surface area contributed by atoms with E-state index in [0.717, 1.165) is 0 Å². The molecular weight excluding hydrogens is 268 g/mol. The summed E-state index contributed by atoms with van der Waals surface area (Å²) in [7, 11) is 0. The third-order valence-electron chi connectivity index (χ3n) is 3.07. The van der Waals surface area contributed by atoms with Gasteiger partial charge in [-0.2, -0.15) is 0 Å². The molecule has 94 valence electrons. The Bertz CT molecular complexity index is 749. The zero-order valence-corrected chi connectivity index (χ0v) is 10.2. The largest absolute Gasteiger partial charge is 0.507 e. The summed E-state index contributed by atoms with van der Waals surface area (Å²) in [5, 5.41) is 19.7. The monoisotopic (exact) mass is 274 g/mol. The van der Waals surface area contributed by atoms with Crippen LogP contribution in [0.1, 0.15) is 31.8 Å². The molecule has 0 saturated carbocycles. The molecule has 2 N–H and O–H groups in total. The number of carbonyl (C=O) groups excluding carboxylic acids is 2. The molecule has 2 aromatic carbocycles. The molecule has 4 nitrogen and oxygen atoms in total. The van der Waals surface area contributed by atoms with Crippen molar-refractivity contribution in [3.63, 3.8) is 0 Å². The second kappa shape index (κ2) is 3.83. The Morgan fingerprint density at radius 3 is 2.26 bits per heavy atom. The van der Waals surface area contributed by atoms with Crippen LogP contribution in [0, 0.1) is 0 Å². The number of rotatable bonds is 0. The van der Waals surface area contributed by atoms with E-state index in [1.54, 1.807) is 0 Å². The summed E-state index contributed by atoms with van der Waals surface area (Å²) in [6.07, 6.45) is 0. The lowest BCUT2D eigenvalue weighted by Gasteiger charge is -2.19. The topological polar surface area (TPSA) is 74.6 Å². The van der Waals surface area contributed by atoms with Gasteiger partial charge < -0.3 is 10.2 Å². The zero-order valence-electron chi connectivity index (χ0n) is 9.48. The molecule has 0 amide bonds. The van der Waals surface area contributed by atoms with Crippen LogP contribution in [0.15, 0.2) is 30.3 Å². The minimum atomic E-state index is -0.586. The SMILES string of the molecule is O=C1c2cccc(O)c2C(=O)c2c(O)cc(Cl)cc21. The number of benzene rings is 2. The van der Waals surface area contributed by atoms with E-state index >= 15 is 0 Å². The molecule has 0 heterocycles. The van der Waals surface area contributed by atoms with Gasteiger partial charge >= 0.3 is 0 Å². The van der Waals surface area contributed by atoms with Crippen molar-refractivity contribution in [2.24, 2.45) is 0 Å². The van der Waals surface area contributed by atoms with Crippen LogP contribution in [0.2, 0.25) is 5.02 Å². The Morgan fingerprint density at radius 1 is 0.842 bits per heavy atom. The Labute approximate surface area is 112 Å². The highest BCUT2D eigenvalue weighted by molar-refractivity contribution is 6.34. The number of carbonyl (C=O) groups is 2. The van der Waals surface area contributed by atoms with E-state index in [4.69, 9.17) is 11.6 Å². The van der Waals surface area contributed by atoms with E-state index in [1.807, 2.05) is 0 Å². The second-order valence-electron chi connectivity index (χ2n) is 4.21. The predicted octanol–water partition coefficient (Wildman–Crippen LogP) is 2.53. The molecule has 0 saturated heterocycles. The first-order chi connectivity index (χ1) is 9.00. The van der Waals surface area contributed by atoms with E-state index in [9.17, 15) is 19.8 Å². The fourth-order valence-electron chi connectivity index (χ4n) is 2.25. The maximum absolute atomic E-state index is 12.3. The van der Waals surface area contributed by atoms with Crippen LogP contribution in [0.4, 0.5) is 0 Å². The van der Waals surface area contributed by atoms with Crippen LogP contribution in [0.5, 0.6) is 11.5 Å². The number of phenolic OH excluding ortho intramolecular Hbond substituents is 2. The molecule has 0 aliphatic heterocycles. The average Bonchev–Trinajstić information content (AvgIpc) is 2.34. The number of phenols is 2. The number of hydrogen-bond donors (Lipinski definition) is 2. The number of hydrogen-bond acceptors (Lipinski definition) is 4. The fraction of sp³-hybridized carbons (Fsp3) is 0. The van der Waals surface area contributed by atoms with Gasteiger partial charge in [-0.3, -0.25) is 9.59 Å². The van der Waals surface area contributed by atoms with Crippen LogP contribution < -0.4 is 0 Å². The quantitative estimate of drug-likeness (QED) is 0.660. The molecule has 0 radical (unpaired) electrons. The highest BCUT2D eigenvalue weighted by Crippen LogP contribution is 2.37. The first-order valence-electron chi connectivity index (χ1n) is 5.44. The number of aromatic hydroxyl groups is 2. The van der Waals surface area contributed by atoms with Crippen molar-refractivity contribution < 1.29 is 19.8 Å². The van der Waals surface area contributed by atoms with Crippen molar-refractivity contribution >= 4 is 23.2 Å². The van der Waals surface area contributed by atoms with E-state index in [2.05, 4.69) is 0 Å². The van der Waals surface area contributed by atoms with E-state index in [1.165, 1.54) is 30.3 Å². The summed E-state index contributed by atoms with van der Waals surface area (Å²) in [5.74, 6) is -1.68. The fourth-order valence-corrected chi connectivity index (χ4v) is 2.46. The van der Waals surface area contributed by atoms with Gasteiger partial charge in [0.15, 0.2) is 5.78 Å². The lowest BCUT2D eigenvalue weighted by Crippen LogP contribution is -2.21. The molecular formula is C14H7ClO4. The maximum atomic E-state index is 12.3. The molecule has 0 fully saturated rings. The van der Waals surface area contributed by atoms with Gasteiger partial charge in [0.05, 0.1) is 11.1 Å². The Hall–Kier alpha value is -2.33. The van der Waals surface area contributed by atoms with Crippen LogP contribution in [0.25, 0.3) is 0 Å². The first kappa shape index (κ1) is 11.7. The van der Waals surface area contributed by atoms with E-state index in [-0.39, 0.29) is 38.8 Å². The van der Waals surface area contributed by atoms with Gasteiger partial charge in [0, 0.05) is 16.1 Å². The average molecular weight is 275 g/mol. The van der Waals surface area contributed by atoms with Crippen molar-refractivity contribution in [3.8, 4) is 11.5 Å². The summed E-state index contributed by atoms with van der Waals surface area (Å²) in [6.45, 7) is 0. The molecule has 0 bridgehead atoms. The van der Waals surface area contributed by atoms with Crippen molar-refractivity contribution in [2.45, 2.75) is 0 Å². The van der Waals surface area contributed by atoms with Crippen LogP contribution in [-0.4, -0.2) is 21.8 Å². The molecule has 5 heteroatoms. The molecule has 0 spiro atoms. The highest BCUT2D eigenvalue weighted by atomic mass is 35.5. The summed E-state index contributed by atoms with van der Waals surface area (Å²) < 4.78 is 0. The summed E-state index contributed by atoms with van der Waals surface area (Å²) >= 11 is 5.78. The molecule has 2 aromatic rings. The van der Waals surface area contributed by atoms with E-state index in [0.29, 0.717) is 0 Å². The van der Waals surface area contributed by atoms with Crippen molar-refractivity contribution in [1.29, 1.82) is 0 Å². The number of ketones is 2. The third-order valence-corrected chi connectivity index (χ3v) is 3.29. The minimum Gasteiger partial charge on any atom is -0.507 e. The van der Waals surface area contributed by atoms with Gasteiger partial charge in [0.2, 0.25) is 5.78 Å². The first-order valence-corrected chi connectivity index (χ1v) is 5.82. The van der Waals surface area contributed by atoms with Crippen LogP contribution in [-0.2, 0) is 0 Å². The second-order valence-corrected chi connectivity index (χ2v) is 4.64. The van der Waals surface area contributed by atoms with Crippen molar-refractivity contribution in [2.75, 3.05) is 0 Å². The minimum absolute atomic E-state index is 0.0492. The molecule has 3 rings (SSSR count). The van der Waals surface area contributed by atoms with Gasteiger partial charge in [0.25, 0.3) is 0 Å². The predicted molar refractivity (Wildman–Crippen MR) is 68.1 cm³/mol. The zero-order chi connectivity index (χ0) is 13.7. The standard InChI is InChI=1S/C14H7ClO4/c15-6-4-8-12(10(17)5-6)14(19)11-7(13(8)18)2-1-3-9(11)16/h1-5,16-17H. The van der Waals surface area contributed by atoms with Gasteiger partial charge in [-0.05, 0) is 18.2 Å². The molecule has 1 aliphatic carbocycles. The van der Waals surface area contributed by atoms with Gasteiger partial charge in [0.1, 0.15) is 11.5 Å². The Balaban J connectivity index is 2.40. The van der Waals surface area contributed by atoms with Crippen molar-refractivity contribution in [1.82, 2.24) is 0 Å². The van der Waals surface area contributed by atoms with Gasteiger partial charge in [-0.25, -0.2) is 0 Å². The summed E-state index contributed by atoms with van der Waals surface area (Å²) in [6, 6.07) is 6.78.